The quantitative estimate of drug-likeness (QED) is 0.914. The van der Waals surface area contributed by atoms with Crippen LogP contribution in [0.15, 0.2) is 36.4 Å². The molecule has 0 saturated heterocycles. The van der Waals surface area contributed by atoms with E-state index in [0.717, 1.165) is 30.6 Å². The van der Waals surface area contributed by atoms with Crippen LogP contribution >= 0.6 is 0 Å². The molecule has 2 aliphatic heterocycles. The number of aromatic nitrogens is 2. The number of carbonyl (C=O) groups excluding carboxylic acids is 1. The second-order valence-electron chi connectivity index (χ2n) is 6.87. The van der Waals surface area contributed by atoms with Crippen LogP contribution in [0, 0.1) is 0 Å². The van der Waals surface area contributed by atoms with Crippen molar-refractivity contribution in [3.8, 4) is 0 Å². The molecule has 4 rings (SSSR count). The highest BCUT2D eigenvalue weighted by molar-refractivity contribution is 5.95. The summed E-state index contributed by atoms with van der Waals surface area (Å²) in [6.07, 6.45) is 3.89. The van der Waals surface area contributed by atoms with Crippen molar-refractivity contribution >= 4 is 11.5 Å². The number of nitrogens with zero attached hydrogens (tertiary/aromatic N) is 2. The van der Waals surface area contributed by atoms with Gasteiger partial charge in [0.1, 0.15) is 0 Å². The van der Waals surface area contributed by atoms with Crippen molar-refractivity contribution in [3.05, 3.63) is 58.9 Å². The standard InChI is InChI=1S/C20H23N3O2/c1-13-11-17-18(14(2)25-13)21-22-19(17)20(24)23-10-6-9-16(12-23)15-7-4-3-5-8-15/h3-5,7-9,13-14H,6,10-12H2,1-2H3,(H,21,22)/t13-,14+/m1/s1. The van der Waals surface area contributed by atoms with Gasteiger partial charge in [-0.15, -0.1) is 0 Å². The Hall–Kier alpha value is -2.40. The van der Waals surface area contributed by atoms with Gasteiger partial charge in [0.25, 0.3) is 5.91 Å². The van der Waals surface area contributed by atoms with Gasteiger partial charge >= 0.3 is 0 Å². The lowest BCUT2D eigenvalue weighted by Gasteiger charge is -2.29. The average molecular weight is 337 g/mol. The Kier molecular flexibility index (Phi) is 4.17. The molecule has 1 aromatic carbocycles. The van der Waals surface area contributed by atoms with Gasteiger partial charge in [0.15, 0.2) is 5.69 Å². The van der Waals surface area contributed by atoms with Gasteiger partial charge in [-0.1, -0.05) is 36.4 Å². The molecule has 5 nitrogen and oxygen atoms in total. The first kappa shape index (κ1) is 16.1. The second-order valence-corrected chi connectivity index (χ2v) is 6.87. The highest BCUT2D eigenvalue weighted by Gasteiger charge is 2.32. The minimum Gasteiger partial charge on any atom is -0.369 e. The van der Waals surface area contributed by atoms with Gasteiger partial charge in [0.05, 0.1) is 17.9 Å². The predicted molar refractivity (Wildman–Crippen MR) is 96.2 cm³/mol. The van der Waals surface area contributed by atoms with E-state index in [1.54, 1.807) is 0 Å². The molecule has 0 fully saturated rings. The molecule has 2 aromatic rings. The Balaban J connectivity index is 1.57. The Labute approximate surface area is 147 Å². The maximum absolute atomic E-state index is 13.1. The topological polar surface area (TPSA) is 58.2 Å². The summed E-state index contributed by atoms with van der Waals surface area (Å²) in [5.41, 5.74) is 4.91. The van der Waals surface area contributed by atoms with E-state index in [-0.39, 0.29) is 18.1 Å². The van der Waals surface area contributed by atoms with E-state index >= 15 is 0 Å². The van der Waals surface area contributed by atoms with E-state index in [0.29, 0.717) is 12.2 Å². The SMILES string of the molecule is C[C@@H]1Cc2c(C(=O)N3CCC=C(c4ccccc4)C3)n[nH]c2[C@H](C)O1. The van der Waals surface area contributed by atoms with Crippen molar-refractivity contribution < 1.29 is 9.53 Å². The summed E-state index contributed by atoms with van der Waals surface area (Å²) in [5.74, 6) is 0.0142. The number of benzene rings is 1. The lowest BCUT2D eigenvalue weighted by molar-refractivity contribution is -0.00701. The van der Waals surface area contributed by atoms with Gasteiger partial charge in [0, 0.05) is 25.1 Å². The van der Waals surface area contributed by atoms with Crippen LogP contribution < -0.4 is 0 Å². The average Bonchev–Trinajstić information content (AvgIpc) is 3.06. The number of fused-ring (bicyclic) bond motifs is 1. The molecule has 0 radical (unpaired) electrons. The molecule has 1 N–H and O–H groups in total. The van der Waals surface area contributed by atoms with Crippen LogP contribution in [0.25, 0.3) is 5.57 Å². The third-order valence-electron chi connectivity index (χ3n) is 5.02. The molecule has 0 unspecified atom stereocenters. The van der Waals surface area contributed by atoms with Gasteiger partial charge in [-0.25, -0.2) is 0 Å². The van der Waals surface area contributed by atoms with Crippen LogP contribution in [-0.2, 0) is 11.2 Å². The zero-order valence-corrected chi connectivity index (χ0v) is 14.7. The molecule has 2 atom stereocenters. The van der Waals surface area contributed by atoms with Crippen molar-refractivity contribution in [3.63, 3.8) is 0 Å². The maximum Gasteiger partial charge on any atom is 0.274 e. The minimum absolute atomic E-state index is 0.0142. The maximum atomic E-state index is 13.1. The summed E-state index contributed by atoms with van der Waals surface area (Å²) in [4.78, 5) is 15.0. The molecule has 0 aliphatic carbocycles. The highest BCUT2D eigenvalue weighted by atomic mass is 16.5. The normalized spacial score (nSPS) is 23.1. The van der Waals surface area contributed by atoms with E-state index in [4.69, 9.17) is 4.74 Å². The number of hydrogen-bond acceptors (Lipinski definition) is 3. The number of nitrogens with one attached hydrogen (secondary N) is 1. The number of rotatable bonds is 2. The van der Waals surface area contributed by atoms with Gasteiger partial charge in [-0.05, 0) is 31.4 Å². The number of carbonyl (C=O) groups is 1. The molecular weight excluding hydrogens is 314 g/mol. The van der Waals surface area contributed by atoms with Crippen LogP contribution in [0.2, 0.25) is 0 Å². The molecule has 0 saturated carbocycles. The Morgan fingerprint density at radius 1 is 1.28 bits per heavy atom. The number of aromatic amines is 1. The first-order valence-corrected chi connectivity index (χ1v) is 8.90. The Morgan fingerprint density at radius 3 is 2.88 bits per heavy atom. The van der Waals surface area contributed by atoms with Crippen LogP contribution in [0.3, 0.4) is 0 Å². The lowest BCUT2D eigenvalue weighted by atomic mass is 9.98. The molecular formula is C20H23N3O2. The van der Waals surface area contributed by atoms with E-state index in [1.165, 1.54) is 11.1 Å². The second kappa shape index (κ2) is 6.48. The van der Waals surface area contributed by atoms with E-state index in [2.05, 4.69) is 28.4 Å². The van der Waals surface area contributed by atoms with Crippen molar-refractivity contribution in [2.75, 3.05) is 13.1 Å². The van der Waals surface area contributed by atoms with Gasteiger partial charge in [-0.3, -0.25) is 9.89 Å². The minimum atomic E-state index is -0.0473. The largest absolute Gasteiger partial charge is 0.369 e. The van der Waals surface area contributed by atoms with Crippen LogP contribution in [0.4, 0.5) is 0 Å². The lowest BCUT2D eigenvalue weighted by Crippen LogP contribution is -2.36. The molecule has 2 aliphatic rings. The summed E-state index contributed by atoms with van der Waals surface area (Å²) in [6, 6.07) is 10.3. The highest BCUT2D eigenvalue weighted by Crippen LogP contribution is 2.31. The van der Waals surface area contributed by atoms with Crippen LogP contribution in [0.5, 0.6) is 0 Å². The third kappa shape index (κ3) is 3.00. The summed E-state index contributed by atoms with van der Waals surface area (Å²) in [7, 11) is 0. The van der Waals surface area contributed by atoms with E-state index in [1.807, 2.05) is 36.9 Å². The first-order valence-electron chi connectivity index (χ1n) is 8.90. The fourth-order valence-electron chi connectivity index (χ4n) is 3.78. The molecule has 0 bridgehead atoms. The van der Waals surface area contributed by atoms with Gasteiger partial charge < -0.3 is 9.64 Å². The Bertz CT molecular complexity index is 810. The zero-order valence-electron chi connectivity index (χ0n) is 14.7. The summed E-state index contributed by atoms with van der Waals surface area (Å²) < 4.78 is 5.82. The van der Waals surface area contributed by atoms with E-state index < -0.39 is 0 Å². The van der Waals surface area contributed by atoms with Crippen molar-refractivity contribution in [2.45, 2.75) is 38.9 Å². The monoisotopic (exact) mass is 337 g/mol. The predicted octanol–water partition coefficient (Wildman–Crippen LogP) is 3.36. The zero-order chi connectivity index (χ0) is 17.4. The number of hydrogen-bond donors (Lipinski definition) is 1. The van der Waals surface area contributed by atoms with E-state index in [9.17, 15) is 4.79 Å². The number of H-pyrrole nitrogens is 1. The first-order chi connectivity index (χ1) is 12.1. The molecule has 25 heavy (non-hydrogen) atoms. The molecule has 1 amide bonds. The number of amides is 1. The molecule has 1 aromatic heterocycles. The van der Waals surface area contributed by atoms with Crippen molar-refractivity contribution in [1.29, 1.82) is 0 Å². The molecule has 5 heteroatoms. The van der Waals surface area contributed by atoms with Crippen molar-refractivity contribution in [2.24, 2.45) is 0 Å². The summed E-state index contributed by atoms with van der Waals surface area (Å²) in [5, 5.41) is 7.36. The van der Waals surface area contributed by atoms with Crippen molar-refractivity contribution in [1.82, 2.24) is 15.1 Å². The smallest absolute Gasteiger partial charge is 0.274 e. The fourth-order valence-corrected chi connectivity index (χ4v) is 3.78. The molecule has 0 spiro atoms. The summed E-state index contributed by atoms with van der Waals surface area (Å²) >= 11 is 0. The van der Waals surface area contributed by atoms with Crippen LogP contribution in [0.1, 0.15) is 53.7 Å². The third-order valence-corrected chi connectivity index (χ3v) is 5.02. The molecule has 130 valence electrons. The van der Waals surface area contributed by atoms with Crippen LogP contribution in [-0.4, -0.2) is 40.2 Å². The number of ether oxygens (including phenoxy) is 1. The van der Waals surface area contributed by atoms with Gasteiger partial charge in [-0.2, -0.15) is 5.10 Å². The van der Waals surface area contributed by atoms with Gasteiger partial charge in [0.2, 0.25) is 0 Å². The summed E-state index contributed by atoms with van der Waals surface area (Å²) in [6.45, 7) is 5.40. The fraction of sp³-hybridized carbons (Fsp3) is 0.400. The molecule has 3 heterocycles. The Morgan fingerprint density at radius 2 is 2.08 bits per heavy atom.